The van der Waals surface area contributed by atoms with Crippen LogP contribution in [0.25, 0.3) is 0 Å². The zero-order valence-corrected chi connectivity index (χ0v) is 16.3. The van der Waals surface area contributed by atoms with E-state index in [2.05, 4.69) is 22.0 Å². The standard InChI is InChI=1S/C18H10BrN3O2S2/c19-10-5-7-11(8-6-10)22-15(21)14(9-20)18(26-17(22)25)13-4-2-1-3-12(13)16(23)24-18/h1-8H,21H2. The van der Waals surface area contributed by atoms with Gasteiger partial charge in [0.25, 0.3) is 0 Å². The molecule has 2 aromatic carbocycles. The van der Waals surface area contributed by atoms with Gasteiger partial charge in [0.05, 0.1) is 5.56 Å². The molecule has 0 saturated heterocycles. The molecule has 2 aromatic rings. The first-order valence-electron chi connectivity index (χ1n) is 7.50. The largest absolute Gasteiger partial charge is 0.434 e. The molecule has 26 heavy (non-hydrogen) atoms. The Morgan fingerprint density at radius 2 is 1.92 bits per heavy atom. The number of hydrogen-bond acceptors (Lipinski definition) is 6. The number of halogens is 1. The Morgan fingerprint density at radius 3 is 2.62 bits per heavy atom. The van der Waals surface area contributed by atoms with Gasteiger partial charge in [0.2, 0.25) is 4.93 Å². The van der Waals surface area contributed by atoms with Crippen molar-refractivity contribution in [2.45, 2.75) is 4.93 Å². The van der Waals surface area contributed by atoms with Crippen LogP contribution in [0.1, 0.15) is 15.9 Å². The normalized spacial score (nSPS) is 21.6. The predicted octanol–water partition coefficient (Wildman–Crippen LogP) is 4.00. The number of nitriles is 1. The second-order valence-electron chi connectivity index (χ2n) is 5.60. The Morgan fingerprint density at radius 1 is 1.23 bits per heavy atom. The van der Waals surface area contributed by atoms with E-state index in [-0.39, 0.29) is 11.4 Å². The Hall–Kier alpha value is -2.34. The number of benzene rings is 2. The van der Waals surface area contributed by atoms with Crippen molar-refractivity contribution in [1.82, 2.24) is 0 Å². The first-order chi connectivity index (χ1) is 12.5. The lowest BCUT2D eigenvalue weighted by atomic mass is 9.98. The van der Waals surface area contributed by atoms with E-state index in [9.17, 15) is 10.1 Å². The molecule has 8 heteroatoms. The van der Waals surface area contributed by atoms with Gasteiger partial charge in [-0.05, 0) is 42.1 Å². The van der Waals surface area contributed by atoms with Gasteiger partial charge in [-0.15, -0.1) is 0 Å². The highest BCUT2D eigenvalue weighted by Crippen LogP contribution is 2.54. The first-order valence-corrected chi connectivity index (χ1v) is 9.51. The molecule has 0 aliphatic carbocycles. The van der Waals surface area contributed by atoms with Crippen LogP contribution in [0.3, 0.4) is 0 Å². The third kappa shape index (κ3) is 2.35. The third-order valence-electron chi connectivity index (χ3n) is 4.17. The third-order valence-corrected chi connectivity index (χ3v) is 6.29. The number of fused-ring (bicyclic) bond motifs is 2. The number of rotatable bonds is 1. The summed E-state index contributed by atoms with van der Waals surface area (Å²) in [6.07, 6.45) is 0. The summed E-state index contributed by atoms with van der Waals surface area (Å²) in [5, 5.41) is 9.82. The van der Waals surface area contributed by atoms with Crippen LogP contribution >= 0.6 is 39.9 Å². The summed E-state index contributed by atoms with van der Waals surface area (Å²) in [6.45, 7) is 0. The highest BCUT2D eigenvalue weighted by Gasteiger charge is 2.55. The van der Waals surface area contributed by atoms with Crippen LogP contribution in [0.5, 0.6) is 0 Å². The molecule has 128 valence electrons. The zero-order valence-electron chi connectivity index (χ0n) is 13.1. The maximum atomic E-state index is 12.3. The number of nitrogens with two attached hydrogens (primary N) is 1. The van der Waals surface area contributed by atoms with E-state index in [1.807, 2.05) is 24.3 Å². The number of carbonyl (C=O) groups is 1. The summed E-state index contributed by atoms with van der Waals surface area (Å²) in [5.41, 5.74) is 8.21. The van der Waals surface area contributed by atoms with Crippen LogP contribution in [0.15, 0.2) is 64.4 Å². The van der Waals surface area contributed by atoms with Gasteiger partial charge in [0.15, 0.2) is 4.32 Å². The Kier molecular flexibility index (Phi) is 4.03. The van der Waals surface area contributed by atoms with Gasteiger partial charge in [-0.2, -0.15) is 5.26 Å². The second-order valence-corrected chi connectivity index (χ2v) is 8.33. The SMILES string of the molecule is N#CC1=C(N)N(c2ccc(Br)cc2)C(=S)SC12OC(=O)c1ccccc12. The number of hydrogen-bond donors (Lipinski definition) is 1. The van der Waals surface area contributed by atoms with E-state index >= 15 is 0 Å². The molecule has 1 atom stereocenters. The molecule has 0 saturated carbocycles. The van der Waals surface area contributed by atoms with Crippen molar-refractivity contribution >= 4 is 55.9 Å². The van der Waals surface area contributed by atoms with Gasteiger partial charge in [-0.1, -0.05) is 46.3 Å². The highest BCUT2D eigenvalue weighted by molar-refractivity contribution is 9.10. The first kappa shape index (κ1) is 17.1. The predicted molar refractivity (Wildman–Crippen MR) is 107 cm³/mol. The lowest BCUT2D eigenvalue weighted by molar-refractivity contribution is 0.0384. The Labute approximate surface area is 167 Å². The fourth-order valence-electron chi connectivity index (χ4n) is 3.01. The fourth-order valence-corrected chi connectivity index (χ4v) is 5.03. The number of ether oxygens (including phenoxy) is 1. The summed E-state index contributed by atoms with van der Waals surface area (Å²) in [7, 11) is 0. The number of esters is 1. The lowest BCUT2D eigenvalue weighted by Gasteiger charge is -2.38. The number of thiocarbonyl (C=S) groups is 1. The van der Waals surface area contributed by atoms with Gasteiger partial charge in [0.1, 0.15) is 17.5 Å². The van der Waals surface area contributed by atoms with Crippen LogP contribution in [0.2, 0.25) is 0 Å². The topological polar surface area (TPSA) is 79.3 Å². The zero-order chi connectivity index (χ0) is 18.5. The van der Waals surface area contributed by atoms with Crippen LogP contribution in [-0.4, -0.2) is 10.3 Å². The average Bonchev–Trinajstić information content (AvgIpc) is 2.89. The van der Waals surface area contributed by atoms with Crippen molar-refractivity contribution in [1.29, 1.82) is 5.26 Å². The maximum absolute atomic E-state index is 12.3. The minimum atomic E-state index is -1.34. The summed E-state index contributed by atoms with van der Waals surface area (Å²) < 4.78 is 6.96. The Bertz CT molecular complexity index is 1030. The van der Waals surface area contributed by atoms with Crippen LogP contribution in [-0.2, 0) is 9.67 Å². The van der Waals surface area contributed by atoms with Crippen molar-refractivity contribution in [3.8, 4) is 6.07 Å². The van der Waals surface area contributed by atoms with Gasteiger partial charge < -0.3 is 10.5 Å². The number of thioether (sulfide) groups is 1. The average molecular weight is 444 g/mol. The summed E-state index contributed by atoms with van der Waals surface area (Å²) in [6, 6.07) is 16.5. The van der Waals surface area contributed by atoms with Crippen molar-refractivity contribution in [3.63, 3.8) is 0 Å². The second kappa shape index (κ2) is 6.13. The van der Waals surface area contributed by atoms with E-state index in [0.29, 0.717) is 15.4 Å². The summed E-state index contributed by atoms with van der Waals surface area (Å²) in [5.74, 6) is -0.336. The molecule has 0 aromatic heterocycles. The number of anilines is 1. The molecule has 2 heterocycles. The van der Waals surface area contributed by atoms with Crippen molar-refractivity contribution in [2.75, 3.05) is 4.90 Å². The Balaban J connectivity index is 1.92. The molecule has 1 spiro atoms. The van der Waals surface area contributed by atoms with E-state index in [0.717, 1.165) is 21.9 Å². The molecule has 0 amide bonds. The minimum absolute atomic E-state index is 0.150. The molecule has 2 N–H and O–H groups in total. The summed E-state index contributed by atoms with van der Waals surface area (Å²) in [4.78, 5) is 12.6. The minimum Gasteiger partial charge on any atom is -0.434 e. The molecule has 0 bridgehead atoms. The highest BCUT2D eigenvalue weighted by atomic mass is 79.9. The quantitative estimate of drug-likeness (QED) is 0.526. The van der Waals surface area contributed by atoms with Crippen LogP contribution in [0.4, 0.5) is 5.69 Å². The molecule has 5 nitrogen and oxygen atoms in total. The summed E-state index contributed by atoms with van der Waals surface area (Å²) >= 11 is 10.1. The molecule has 2 aliphatic rings. The van der Waals surface area contributed by atoms with Crippen molar-refractivity contribution < 1.29 is 9.53 Å². The van der Waals surface area contributed by atoms with Crippen LogP contribution in [0, 0.1) is 11.3 Å². The lowest BCUT2D eigenvalue weighted by Crippen LogP contribution is -2.43. The number of nitrogens with zero attached hydrogens (tertiary/aromatic N) is 2. The van der Waals surface area contributed by atoms with Gasteiger partial charge >= 0.3 is 5.97 Å². The van der Waals surface area contributed by atoms with Crippen LogP contribution < -0.4 is 10.6 Å². The monoisotopic (exact) mass is 443 g/mol. The molecule has 1 unspecified atom stereocenters. The van der Waals surface area contributed by atoms with Gasteiger partial charge in [0, 0.05) is 15.7 Å². The van der Waals surface area contributed by atoms with E-state index < -0.39 is 10.9 Å². The maximum Gasteiger partial charge on any atom is 0.340 e. The smallest absolute Gasteiger partial charge is 0.340 e. The molecular formula is C18H10BrN3O2S2. The molecule has 2 aliphatic heterocycles. The molecule has 4 rings (SSSR count). The number of carbonyl (C=O) groups excluding carboxylic acids is 1. The van der Waals surface area contributed by atoms with E-state index in [1.54, 1.807) is 29.2 Å². The molecule has 0 radical (unpaired) electrons. The van der Waals surface area contributed by atoms with Crippen molar-refractivity contribution in [3.05, 3.63) is 75.5 Å². The fraction of sp³-hybridized carbons (Fsp3) is 0.0556. The van der Waals surface area contributed by atoms with Gasteiger partial charge in [-0.3, -0.25) is 4.90 Å². The van der Waals surface area contributed by atoms with Crippen molar-refractivity contribution in [2.24, 2.45) is 5.73 Å². The van der Waals surface area contributed by atoms with Gasteiger partial charge in [-0.25, -0.2) is 4.79 Å². The molecular weight excluding hydrogens is 434 g/mol. The van der Waals surface area contributed by atoms with E-state index in [1.165, 1.54) is 0 Å². The molecule has 0 fully saturated rings. The van der Waals surface area contributed by atoms with E-state index in [4.69, 9.17) is 22.7 Å².